The van der Waals surface area contributed by atoms with Crippen molar-refractivity contribution in [1.82, 2.24) is 29.4 Å². The normalized spacial score (nSPS) is 18.6. The molecule has 1 saturated heterocycles. The van der Waals surface area contributed by atoms with Crippen LogP contribution in [-0.4, -0.2) is 75.7 Å². The van der Waals surface area contributed by atoms with Crippen LogP contribution in [0.4, 0.5) is 8.78 Å². The highest BCUT2D eigenvalue weighted by atomic mass is 32.2. The molecule has 2 aliphatic rings. The molecular formula is C18H22F2N6O3S2. The molecule has 9 nitrogen and oxygen atoms in total. The van der Waals surface area contributed by atoms with E-state index < -0.39 is 26.6 Å². The van der Waals surface area contributed by atoms with Crippen molar-refractivity contribution >= 4 is 27.7 Å². The van der Waals surface area contributed by atoms with Crippen molar-refractivity contribution in [3.05, 3.63) is 29.8 Å². The molecule has 0 N–H and O–H groups in total. The van der Waals surface area contributed by atoms with Gasteiger partial charge in [-0.2, -0.15) is 4.31 Å². The summed E-state index contributed by atoms with van der Waals surface area (Å²) in [5.74, 6) is -1.97. The Labute approximate surface area is 182 Å². The first kappa shape index (κ1) is 22.1. The lowest BCUT2D eigenvalue weighted by Crippen LogP contribution is -2.51. The summed E-state index contributed by atoms with van der Waals surface area (Å²) < 4.78 is 55.3. The zero-order chi connectivity index (χ0) is 22.0. The second kappa shape index (κ2) is 9.17. The number of piperazine rings is 1. The molecule has 1 amide bonds. The number of amides is 1. The molecule has 1 aromatic heterocycles. The van der Waals surface area contributed by atoms with Crippen LogP contribution < -0.4 is 0 Å². The van der Waals surface area contributed by atoms with Crippen LogP contribution in [0.25, 0.3) is 0 Å². The van der Waals surface area contributed by atoms with Crippen molar-refractivity contribution in [1.29, 1.82) is 0 Å². The number of tetrazole rings is 1. The lowest BCUT2D eigenvalue weighted by atomic mass is 10.3. The number of sulfonamides is 1. The zero-order valence-corrected chi connectivity index (χ0v) is 18.3. The molecule has 2 fully saturated rings. The van der Waals surface area contributed by atoms with Crippen LogP contribution in [-0.2, 0) is 14.8 Å². The summed E-state index contributed by atoms with van der Waals surface area (Å²) >= 11 is 1.27. The van der Waals surface area contributed by atoms with Crippen LogP contribution in [0.2, 0.25) is 0 Å². The van der Waals surface area contributed by atoms with Crippen LogP contribution in [0.3, 0.4) is 0 Å². The molecule has 0 atom stereocenters. The van der Waals surface area contributed by atoms with Crippen LogP contribution in [0.1, 0.15) is 31.7 Å². The fourth-order valence-electron chi connectivity index (χ4n) is 3.88. The highest BCUT2D eigenvalue weighted by molar-refractivity contribution is 7.99. The van der Waals surface area contributed by atoms with Crippen molar-refractivity contribution in [2.75, 3.05) is 31.9 Å². The molecule has 1 aliphatic carbocycles. The van der Waals surface area contributed by atoms with E-state index >= 15 is 0 Å². The summed E-state index contributed by atoms with van der Waals surface area (Å²) in [4.78, 5) is 13.6. The fourth-order valence-corrected chi connectivity index (χ4v) is 6.19. The van der Waals surface area contributed by atoms with Crippen molar-refractivity contribution in [3.8, 4) is 0 Å². The van der Waals surface area contributed by atoms with E-state index in [1.807, 2.05) is 0 Å². The third-order valence-electron chi connectivity index (χ3n) is 5.56. The average Bonchev–Trinajstić information content (AvgIpc) is 3.43. The van der Waals surface area contributed by atoms with Gasteiger partial charge in [0, 0.05) is 32.2 Å². The predicted octanol–water partition coefficient (Wildman–Crippen LogP) is 1.69. The highest BCUT2D eigenvalue weighted by Crippen LogP contribution is 2.31. The quantitative estimate of drug-likeness (QED) is 0.590. The number of carbonyl (C=O) groups excluding carboxylic acids is 1. The Morgan fingerprint density at radius 1 is 1.13 bits per heavy atom. The minimum atomic E-state index is -4.10. The Balaban J connectivity index is 1.32. The molecule has 0 bridgehead atoms. The van der Waals surface area contributed by atoms with Gasteiger partial charge in [-0.25, -0.2) is 21.9 Å². The van der Waals surface area contributed by atoms with E-state index in [0.29, 0.717) is 11.2 Å². The number of hydrogen-bond acceptors (Lipinski definition) is 7. The monoisotopic (exact) mass is 472 g/mol. The summed E-state index contributed by atoms with van der Waals surface area (Å²) in [6.45, 7) is 0.453. The number of halogens is 2. The summed E-state index contributed by atoms with van der Waals surface area (Å²) in [7, 11) is -4.10. The van der Waals surface area contributed by atoms with Gasteiger partial charge in [0.25, 0.3) is 0 Å². The molecule has 31 heavy (non-hydrogen) atoms. The van der Waals surface area contributed by atoms with E-state index in [-0.39, 0.29) is 43.9 Å². The van der Waals surface area contributed by atoms with Crippen LogP contribution in [0.15, 0.2) is 28.3 Å². The van der Waals surface area contributed by atoms with E-state index in [2.05, 4.69) is 15.5 Å². The SMILES string of the molecule is O=C(CSc1nnnn1C1CCCC1)N1CCN(S(=O)(=O)c2ccc(F)cc2F)CC1. The summed E-state index contributed by atoms with van der Waals surface area (Å²) in [6, 6.07) is 2.64. The van der Waals surface area contributed by atoms with Gasteiger partial charge in [0.2, 0.25) is 21.1 Å². The second-order valence-electron chi connectivity index (χ2n) is 7.49. The highest BCUT2D eigenvalue weighted by Gasteiger charge is 2.32. The van der Waals surface area contributed by atoms with Crippen LogP contribution in [0, 0.1) is 11.6 Å². The van der Waals surface area contributed by atoms with E-state index in [1.165, 1.54) is 11.8 Å². The molecule has 1 aromatic carbocycles. The fraction of sp³-hybridized carbons (Fsp3) is 0.556. The molecule has 0 spiro atoms. The first-order valence-electron chi connectivity index (χ1n) is 10.00. The summed E-state index contributed by atoms with van der Waals surface area (Å²) in [6.07, 6.45) is 4.33. The molecule has 4 rings (SSSR count). The van der Waals surface area contributed by atoms with E-state index in [1.54, 1.807) is 9.58 Å². The summed E-state index contributed by atoms with van der Waals surface area (Å²) in [5.41, 5.74) is 0. The molecule has 13 heteroatoms. The topological polar surface area (TPSA) is 101 Å². The van der Waals surface area contributed by atoms with E-state index in [4.69, 9.17) is 0 Å². The number of rotatable bonds is 6. The number of benzene rings is 1. The van der Waals surface area contributed by atoms with Crippen molar-refractivity contribution in [2.24, 2.45) is 0 Å². The van der Waals surface area contributed by atoms with Gasteiger partial charge < -0.3 is 4.90 Å². The van der Waals surface area contributed by atoms with Gasteiger partial charge in [-0.3, -0.25) is 4.79 Å². The first-order chi connectivity index (χ1) is 14.9. The predicted molar refractivity (Wildman–Crippen MR) is 108 cm³/mol. The maximum atomic E-state index is 14.0. The van der Waals surface area contributed by atoms with E-state index in [9.17, 15) is 22.0 Å². The van der Waals surface area contributed by atoms with E-state index in [0.717, 1.165) is 42.1 Å². The number of nitrogens with zero attached hydrogens (tertiary/aromatic N) is 6. The molecule has 1 aliphatic heterocycles. The third kappa shape index (κ3) is 4.72. The lowest BCUT2D eigenvalue weighted by Gasteiger charge is -2.34. The van der Waals surface area contributed by atoms with Crippen molar-refractivity contribution < 1.29 is 22.0 Å². The lowest BCUT2D eigenvalue weighted by molar-refractivity contribution is -0.129. The average molecular weight is 473 g/mol. The van der Waals surface area contributed by atoms with Crippen molar-refractivity contribution in [2.45, 2.75) is 41.8 Å². The van der Waals surface area contributed by atoms with Crippen LogP contribution >= 0.6 is 11.8 Å². The largest absolute Gasteiger partial charge is 0.339 e. The number of thioether (sulfide) groups is 1. The molecule has 168 valence electrons. The number of carbonyl (C=O) groups is 1. The molecular weight excluding hydrogens is 450 g/mol. The van der Waals surface area contributed by atoms with Gasteiger partial charge in [0.1, 0.15) is 16.5 Å². The second-order valence-corrected chi connectivity index (χ2v) is 10.3. The zero-order valence-electron chi connectivity index (χ0n) is 16.7. The molecule has 1 saturated carbocycles. The smallest absolute Gasteiger partial charge is 0.246 e. The van der Waals surface area contributed by atoms with Gasteiger partial charge in [0.15, 0.2) is 0 Å². The Bertz CT molecular complexity index is 1050. The Morgan fingerprint density at radius 2 is 1.84 bits per heavy atom. The van der Waals surface area contributed by atoms with Gasteiger partial charge >= 0.3 is 0 Å². The summed E-state index contributed by atoms with van der Waals surface area (Å²) in [5, 5.41) is 12.4. The standard InChI is InChI=1S/C18H22F2N6O3S2/c19-13-5-6-16(15(20)11-13)31(28,29)25-9-7-24(8-10-25)17(27)12-30-18-21-22-23-26(18)14-3-1-2-4-14/h5-6,11,14H,1-4,7-10,12H2. The van der Waals surface area contributed by atoms with Gasteiger partial charge in [0.05, 0.1) is 11.8 Å². The Hall–Kier alpha value is -2.12. The van der Waals surface area contributed by atoms with Crippen LogP contribution in [0.5, 0.6) is 0 Å². The number of aromatic nitrogens is 4. The minimum absolute atomic E-state index is 0.0371. The Kier molecular flexibility index (Phi) is 6.53. The maximum Gasteiger partial charge on any atom is 0.246 e. The van der Waals surface area contributed by atoms with Crippen molar-refractivity contribution in [3.63, 3.8) is 0 Å². The molecule has 2 aromatic rings. The Morgan fingerprint density at radius 3 is 2.52 bits per heavy atom. The minimum Gasteiger partial charge on any atom is -0.339 e. The van der Waals surface area contributed by atoms with Gasteiger partial charge in [-0.15, -0.1) is 5.10 Å². The maximum absolute atomic E-state index is 14.0. The van der Waals surface area contributed by atoms with Gasteiger partial charge in [-0.1, -0.05) is 24.6 Å². The number of hydrogen-bond donors (Lipinski definition) is 0. The molecule has 0 radical (unpaired) electrons. The molecule has 2 heterocycles. The van der Waals surface area contributed by atoms with Gasteiger partial charge in [-0.05, 0) is 35.4 Å². The molecule has 0 unspecified atom stereocenters. The third-order valence-corrected chi connectivity index (χ3v) is 8.41. The first-order valence-corrected chi connectivity index (χ1v) is 12.4.